The lowest BCUT2D eigenvalue weighted by Crippen LogP contribution is -2.50. The first-order chi connectivity index (χ1) is 14.6. The molecule has 0 radical (unpaired) electrons. The first-order valence-electron chi connectivity index (χ1n) is 10.6. The second kappa shape index (κ2) is 13.0. The molecule has 1 atom stereocenters. The van der Waals surface area contributed by atoms with E-state index in [1.54, 1.807) is 42.5 Å². The molecule has 1 saturated heterocycles. The maximum atomic E-state index is 14.5. The highest BCUT2D eigenvalue weighted by molar-refractivity contribution is 14.0. The number of hydrogen-bond donors (Lipinski definition) is 2. The maximum absolute atomic E-state index is 14.5. The van der Waals surface area contributed by atoms with Crippen LogP contribution in [0.15, 0.2) is 41.9 Å². The summed E-state index contributed by atoms with van der Waals surface area (Å²) in [6.45, 7) is 9.33. The summed E-state index contributed by atoms with van der Waals surface area (Å²) in [4.78, 5) is 10.8. The molecular formula is C22H34FIN6O. The molecule has 0 bridgehead atoms. The summed E-state index contributed by atoms with van der Waals surface area (Å²) in [6.07, 6.45) is 6.06. The van der Waals surface area contributed by atoms with Gasteiger partial charge in [0, 0.05) is 51.7 Å². The van der Waals surface area contributed by atoms with Crippen LogP contribution in [0, 0.1) is 11.7 Å². The summed E-state index contributed by atoms with van der Waals surface area (Å²) in [6, 6.07) is 5.65. The van der Waals surface area contributed by atoms with Crippen LogP contribution in [0.2, 0.25) is 0 Å². The Morgan fingerprint density at radius 2 is 2.03 bits per heavy atom. The molecule has 0 spiro atoms. The predicted molar refractivity (Wildman–Crippen MR) is 133 cm³/mol. The molecule has 1 unspecified atom stereocenters. The zero-order valence-corrected chi connectivity index (χ0v) is 20.9. The van der Waals surface area contributed by atoms with Gasteiger partial charge in [-0.25, -0.2) is 9.37 Å². The minimum absolute atomic E-state index is 0. The summed E-state index contributed by atoms with van der Waals surface area (Å²) in [7, 11) is 1.75. The number of rotatable bonds is 8. The number of halogens is 2. The average molecular weight is 544 g/mol. The number of aromatic nitrogens is 2. The van der Waals surface area contributed by atoms with Crippen LogP contribution in [0.5, 0.6) is 0 Å². The molecule has 9 heteroatoms. The van der Waals surface area contributed by atoms with Crippen molar-refractivity contribution in [2.24, 2.45) is 10.9 Å². The molecule has 2 aromatic rings. The highest BCUT2D eigenvalue weighted by Crippen LogP contribution is 2.15. The van der Waals surface area contributed by atoms with Crippen molar-refractivity contribution in [3.8, 4) is 5.69 Å². The van der Waals surface area contributed by atoms with E-state index >= 15 is 0 Å². The Morgan fingerprint density at radius 1 is 1.26 bits per heavy atom. The molecule has 2 N–H and O–H groups in total. The van der Waals surface area contributed by atoms with Crippen molar-refractivity contribution in [1.82, 2.24) is 25.1 Å². The molecule has 0 amide bonds. The van der Waals surface area contributed by atoms with E-state index < -0.39 is 0 Å². The standard InChI is InChI=1S/C22H33FN6O.HI/c1-17(2)12-19(28-8-10-30-11-9-28)15-27-22(24-3)26-14-18-4-5-21(20(23)13-18)29-7-6-25-16-29;/h4-7,13,16-17,19H,8-12,14-15H2,1-3H3,(H2,24,26,27);1H. The third-order valence-electron chi connectivity index (χ3n) is 5.29. The van der Waals surface area contributed by atoms with Gasteiger partial charge in [-0.3, -0.25) is 9.89 Å². The van der Waals surface area contributed by atoms with Crippen LogP contribution in [0.1, 0.15) is 25.8 Å². The number of morpholine rings is 1. The average Bonchev–Trinajstić information content (AvgIpc) is 3.28. The Morgan fingerprint density at radius 3 is 2.65 bits per heavy atom. The van der Waals surface area contributed by atoms with Crippen molar-refractivity contribution in [1.29, 1.82) is 0 Å². The van der Waals surface area contributed by atoms with Crippen LogP contribution >= 0.6 is 24.0 Å². The Balaban J connectivity index is 0.00000341. The topological polar surface area (TPSA) is 66.7 Å². The number of hydrogen-bond acceptors (Lipinski definition) is 4. The van der Waals surface area contributed by atoms with Crippen molar-refractivity contribution < 1.29 is 9.13 Å². The fraction of sp³-hybridized carbons (Fsp3) is 0.545. The minimum Gasteiger partial charge on any atom is -0.379 e. The molecule has 0 aliphatic carbocycles. The van der Waals surface area contributed by atoms with Gasteiger partial charge in [0.15, 0.2) is 5.96 Å². The number of guanidine groups is 1. The third kappa shape index (κ3) is 7.73. The van der Waals surface area contributed by atoms with Crippen LogP contribution < -0.4 is 10.6 Å². The second-order valence-electron chi connectivity index (χ2n) is 7.99. The van der Waals surface area contributed by atoms with Crippen molar-refractivity contribution in [3.63, 3.8) is 0 Å². The lowest BCUT2D eigenvalue weighted by Gasteiger charge is -2.35. The number of benzene rings is 1. The maximum Gasteiger partial charge on any atom is 0.191 e. The predicted octanol–water partition coefficient (Wildman–Crippen LogP) is 3.04. The van der Waals surface area contributed by atoms with E-state index in [1.165, 1.54) is 0 Å². The van der Waals surface area contributed by atoms with E-state index in [1.807, 2.05) is 6.07 Å². The molecule has 2 heterocycles. The van der Waals surface area contributed by atoms with Crippen molar-refractivity contribution in [2.75, 3.05) is 39.9 Å². The van der Waals surface area contributed by atoms with Crippen molar-refractivity contribution >= 4 is 29.9 Å². The fourth-order valence-electron chi connectivity index (χ4n) is 3.74. The zero-order valence-electron chi connectivity index (χ0n) is 18.6. The molecule has 3 rings (SSSR count). The van der Waals surface area contributed by atoms with Crippen LogP contribution in [0.4, 0.5) is 4.39 Å². The monoisotopic (exact) mass is 544 g/mol. The van der Waals surface area contributed by atoms with Gasteiger partial charge in [0.1, 0.15) is 5.82 Å². The van der Waals surface area contributed by atoms with E-state index in [9.17, 15) is 4.39 Å². The summed E-state index contributed by atoms with van der Waals surface area (Å²) < 4.78 is 21.6. The van der Waals surface area contributed by atoms with E-state index in [0.717, 1.165) is 50.8 Å². The van der Waals surface area contributed by atoms with Gasteiger partial charge in [-0.15, -0.1) is 24.0 Å². The van der Waals surface area contributed by atoms with Gasteiger partial charge >= 0.3 is 0 Å². The number of ether oxygens (including phenoxy) is 1. The highest BCUT2D eigenvalue weighted by Gasteiger charge is 2.22. The molecular weight excluding hydrogens is 510 g/mol. The third-order valence-corrected chi connectivity index (χ3v) is 5.29. The van der Waals surface area contributed by atoms with Gasteiger partial charge in [-0.2, -0.15) is 0 Å². The fourth-order valence-corrected chi connectivity index (χ4v) is 3.74. The van der Waals surface area contributed by atoms with E-state index in [-0.39, 0.29) is 29.8 Å². The van der Waals surface area contributed by atoms with E-state index in [2.05, 4.69) is 39.4 Å². The molecule has 172 valence electrons. The van der Waals surface area contributed by atoms with Crippen molar-refractivity contribution in [2.45, 2.75) is 32.9 Å². The van der Waals surface area contributed by atoms with Crippen LogP contribution in [0.3, 0.4) is 0 Å². The Hall–Kier alpha value is -1.72. The summed E-state index contributed by atoms with van der Waals surface area (Å²) in [5.74, 6) is 1.06. The highest BCUT2D eigenvalue weighted by atomic mass is 127. The molecule has 1 aliphatic rings. The molecule has 1 aromatic carbocycles. The molecule has 0 saturated carbocycles. The first-order valence-corrected chi connectivity index (χ1v) is 10.6. The summed E-state index contributed by atoms with van der Waals surface area (Å²) in [5, 5.41) is 6.73. The minimum atomic E-state index is -0.278. The smallest absolute Gasteiger partial charge is 0.191 e. The normalized spacial score (nSPS) is 16.1. The van der Waals surface area contributed by atoms with E-state index in [0.29, 0.717) is 24.2 Å². The van der Waals surface area contributed by atoms with Crippen LogP contribution in [-0.2, 0) is 11.3 Å². The number of nitrogens with zero attached hydrogens (tertiary/aromatic N) is 4. The number of nitrogens with one attached hydrogen (secondary N) is 2. The Bertz CT molecular complexity index is 808. The number of imidazole rings is 1. The summed E-state index contributed by atoms with van der Waals surface area (Å²) in [5.41, 5.74) is 1.34. The van der Waals surface area contributed by atoms with Gasteiger partial charge in [-0.05, 0) is 30.0 Å². The summed E-state index contributed by atoms with van der Waals surface area (Å²) >= 11 is 0. The van der Waals surface area contributed by atoms with Gasteiger partial charge in [0.25, 0.3) is 0 Å². The van der Waals surface area contributed by atoms with Crippen LogP contribution in [-0.4, -0.2) is 66.3 Å². The largest absolute Gasteiger partial charge is 0.379 e. The van der Waals surface area contributed by atoms with E-state index in [4.69, 9.17) is 4.74 Å². The quantitative estimate of drug-likeness (QED) is 0.304. The lowest BCUT2D eigenvalue weighted by molar-refractivity contribution is 0.0132. The lowest BCUT2D eigenvalue weighted by atomic mass is 10.0. The second-order valence-corrected chi connectivity index (χ2v) is 7.99. The zero-order chi connectivity index (χ0) is 21.3. The van der Waals surface area contributed by atoms with Gasteiger partial charge in [0.2, 0.25) is 0 Å². The SMILES string of the molecule is CN=C(NCc1ccc(-n2ccnc2)c(F)c1)NCC(CC(C)C)N1CCOCC1.I. The molecule has 1 aromatic heterocycles. The molecule has 1 aliphatic heterocycles. The van der Waals surface area contributed by atoms with Gasteiger partial charge in [-0.1, -0.05) is 19.9 Å². The molecule has 31 heavy (non-hydrogen) atoms. The Kier molecular flexibility index (Phi) is 10.7. The van der Waals surface area contributed by atoms with Gasteiger partial charge < -0.3 is 19.9 Å². The van der Waals surface area contributed by atoms with Crippen LogP contribution in [0.25, 0.3) is 5.69 Å². The molecule has 1 fully saturated rings. The Labute approximate surface area is 201 Å². The van der Waals surface area contributed by atoms with Crippen molar-refractivity contribution in [3.05, 3.63) is 48.3 Å². The molecule has 7 nitrogen and oxygen atoms in total. The number of aliphatic imine (C=N–C) groups is 1. The van der Waals surface area contributed by atoms with Gasteiger partial charge in [0.05, 0.1) is 25.2 Å². The first kappa shape index (κ1) is 25.5.